The molecule has 0 radical (unpaired) electrons. The van der Waals surface area contributed by atoms with E-state index < -0.39 is 30.1 Å². The molecule has 1 aromatic carbocycles. The second-order valence-electron chi connectivity index (χ2n) is 7.74. The molecule has 142 valence electrons. The molecule has 1 amide bonds. The van der Waals surface area contributed by atoms with Crippen molar-refractivity contribution in [3.05, 3.63) is 34.2 Å². The number of hydrogen-bond donors (Lipinski definition) is 1. The van der Waals surface area contributed by atoms with Gasteiger partial charge in [-0.1, -0.05) is 12.1 Å². The lowest BCUT2D eigenvalue weighted by Gasteiger charge is -2.39. The lowest BCUT2D eigenvalue weighted by Crippen LogP contribution is -2.51. The van der Waals surface area contributed by atoms with Crippen LogP contribution in [0.1, 0.15) is 38.7 Å². The van der Waals surface area contributed by atoms with Gasteiger partial charge in [0.2, 0.25) is 0 Å². The number of carbonyl (C=O) groups is 1. The van der Waals surface area contributed by atoms with Crippen molar-refractivity contribution >= 4 is 17.1 Å². The number of fused-ring (bicyclic) bond motifs is 1. The zero-order valence-electron chi connectivity index (χ0n) is 15.3. The standard InChI is InChI=1S/C18H23F2N3O3/c1-17(2,3)26-16(25)23-9-8-12(18(19,20)10-23)11-6-5-7-13-14(11)22(4)15(24)21-13/h5-7,12H,8-10H2,1-4H3,(H,21,24)/t12-/m0/s1. The fraction of sp³-hybridized carbons (Fsp3) is 0.556. The summed E-state index contributed by atoms with van der Waals surface area (Å²) < 4.78 is 36.4. The number of likely N-dealkylation sites (tertiary alicyclic amines) is 1. The van der Waals surface area contributed by atoms with E-state index >= 15 is 0 Å². The van der Waals surface area contributed by atoms with Crippen molar-refractivity contribution in [2.24, 2.45) is 7.05 Å². The van der Waals surface area contributed by atoms with E-state index in [0.29, 0.717) is 16.6 Å². The van der Waals surface area contributed by atoms with Gasteiger partial charge in [-0.2, -0.15) is 0 Å². The summed E-state index contributed by atoms with van der Waals surface area (Å²) >= 11 is 0. The van der Waals surface area contributed by atoms with Crippen LogP contribution in [-0.2, 0) is 11.8 Å². The number of nitrogens with zero attached hydrogens (tertiary/aromatic N) is 2. The fourth-order valence-electron chi connectivity index (χ4n) is 3.42. The normalized spacial score (nSPS) is 20.4. The van der Waals surface area contributed by atoms with E-state index in [-0.39, 0.29) is 18.7 Å². The Labute approximate surface area is 149 Å². The molecule has 3 rings (SSSR count). The Kier molecular flexibility index (Phi) is 4.32. The molecule has 26 heavy (non-hydrogen) atoms. The lowest BCUT2D eigenvalue weighted by molar-refractivity contribution is -0.0846. The van der Waals surface area contributed by atoms with Crippen molar-refractivity contribution in [3.8, 4) is 0 Å². The highest BCUT2D eigenvalue weighted by Crippen LogP contribution is 2.42. The molecule has 0 aliphatic carbocycles. The van der Waals surface area contributed by atoms with Gasteiger partial charge < -0.3 is 14.6 Å². The van der Waals surface area contributed by atoms with Crippen LogP contribution in [0.25, 0.3) is 11.0 Å². The number of aryl methyl sites for hydroxylation is 1. The van der Waals surface area contributed by atoms with Crippen molar-refractivity contribution in [1.82, 2.24) is 14.5 Å². The number of para-hydroxylation sites is 1. The van der Waals surface area contributed by atoms with Crippen molar-refractivity contribution in [2.75, 3.05) is 13.1 Å². The summed E-state index contributed by atoms with van der Waals surface area (Å²) in [6, 6.07) is 4.97. The molecule has 0 unspecified atom stereocenters. The Morgan fingerprint density at radius 3 is 2.65 bits per heavy atom. The molecule has 1 atom stereocenters. The Bertz CT molecular complexity index is 895. The molecular weight excluding hydrogens is 344 g/mol. The van der Waals surface area contributed by atoms with Gasteiger partial charge in [0.05, 0.1) is 23.5 Å². The second kappa shape index (κ2) is 6.10. The summed E-state index contributed by atoms with van der Waals surface area (Å²) in [5, 5.41) is 0. The molecular formula is C18H23F2N3O3. The van der Waals surface area contributed by atoms with Gasteiger partial charge in [0.25, 0.3) is 5.92 Å². The number of piperidine rings is 1. The molecule has 1 aliphatic heterocycles. The van der Waals surface area contributed by atoms with Gasteiger partial charge in [-0.15, -0.1) is 0 Å². The first-order chi connectivity index (χ1) is 12.0. The first-order valence-corrected chi connectivity index (χ1v) is 8.53. The monoisotopic (exact) mass is 367 g/mol. The second-order valence-corrected chi connectivity index (χ2v) is 7.74. The van der Waals surface area contributed by atoms with Crippen molar-refractivity contribution in [1.29, 1.82) is 0 Å². The summed E-state index contributed by atoms with van der Waals surface area (Å²) in [5.74, 6) is -4.21. The van der Waals surface area contributed by atoms with Crippen LogP contribution in [0, 0.1) is 0 Å². The molecule has 1 fully saturated rings. The van der Waals surface area contributed by atoms with Gasteiger partial charge >= 0.3 is 11.8 Å². The van der Waals surface area contributed by atoms with Gasteiger partial charge in [0, 0.05) is 13.6 Å². The third kappa shape index (κ3) is 3.32. The maximum Gasteiger partial charge on any atom is 0.410 e. The molecule has 8 heteroatoms. The SMILES string of the molecule is Cn1c(=O)[nH]c2cccc([C@@H]3CCN(C(=O)OC(C)(C)C)CC3(F)F)c21. The first-order valence-electron chi connectivity index (χ1n) is 8.53. The molecule has 1 aromatic heterocycles. The number of hydrogen-bond acceptors (Lipinski definition) is 3. The van der Waals surface area contributed by atoms with Crippen LogP contribution >= 0.6 is 0 Å². The molecule has 1 aliphatic rings. The van der Waals surface area contributed by atoms with E-state index in [0.717, 1.165) is 4.90 Å². The van der Waals surface area contributed by atoms with Crippen LogP contribution in [0.3, 0.4) is 0 Å². The lowest BCUT2D eigenvalue weighted by atomic mass is 9.85. The third-order valence-corrected chi connectivity index (χ3v) is 4.58. The van der Waals surface area contributed by atoms with Gasteiger partial charge in [0.15, 0.2) is 0 Å². The number of H-pyrrole nitrogens is 1. The maximum atomic E-state index is 14.9. The van der Waals surface area contributed by atoms with Crippen LogP contribution in [0.2, 0.25) is 0 Å². The third-order valence-electron chi connectivity index (χ3n) is 4.58. The molecule has 0 saturated carbocycles. The molecule has 2 aromatic rings. The minimum Gasteiger partial charge on any atom is -0.444 e. The highest BCUT2D eigenvalue weighted by atomic mass is 19.3. The predicted octanol–water partition coefficient (Wildman–Crippen LogP) is 3.23. The van der Waals surface area contributed by atoms with E-state index in [1.807, 2.05) is 0 Å². The maximum absolute atomic E-state index is 14.9. The number of nitrogens with one attached hydrogen (secondary N) is 1. The van der Waals surface area contributed by atoms with Gasteiger partial charge in [-0.3, -0.25) is 4.57 Å². The zero-order valence-corrected chi connectivity index (χ0v) is 15.3. The minimum absolute atomic E-state index is 0.0880. The van der Waals surface area contributed by atoms with Crippen LogP contribution in [-0.4, -0.2) is 45.2 Å². The van der Waals surface area contributed by atoms with Crippen molar-refractivity contribution < 1.29 is 18.3 Å². The number of rotatable bonds is 1. The summed E-state index contributed by atoms with van der Waals surface area (Å²) in [7, 11) is 1.55. The smallest absolute Gasteiger partial charge is 0.410 e. The largest absolute Gasteiger partial charge is 0.444 e. The van der Waals surface area contributed by atoms with E-state index in [4.69, 9.17) is 4.74 Å². The zero-order chi connectivity index (χ0) is 19.3. The Morgan fingerprint density at radius 2 is 2.04 bits per heavy atom. The number of halogens is 2. The van der Waals surface area contributed by atoms with Crippen LogP contribution in [0.5, 0.6) is 0 Å². The number of benzene rings is 1. The summed E-state index contributed by atoms with van der Waals surface area (Å²) in [5.41, 5.74) is 0.338. The van der Waals surface area contributed by atoms with E-state index in [2.05, 4.69) is 4.98 Å². The molecule has 6 nitrogen and oxygen atoms in total. The van der Waals surface area contributed by atoms with E-state index in [1.165, 1.54) is 4.57 Å². The summed E-state index contributed by atoms with van der Waals surface area (Å²) in [4.78, 5) is 27.7. The number of amides is 1. The van der Waals surface area contributed by atoms with Crippen LogP contribution < -0.4 is 5.69 Å². The average Bonchev–Trinajstić information content (AvgIpc) is 2.80. The molecule has 0 bridgehead atoms. The first kappa shape index (κ1) is 18.4. The van der Waals surface area contributed by atoms with Crippen LogP contribution in [0.15, 0.2) is 23.0 Å². The van der Waals surface area contributed by atoms with E-state index in [1.54, 1.807) is 46.0 Å². The quantitative estimate of drug-likeness (QED) is 0.841. The summed E-state index contributed by atoms with van der Waals surface area (Å²) in [6.07, 6.45) is -0.645. The summed E-state index contributed by atoms with van der Waals surface area (Å²) in [6.45, 7) is 4.56. The fourth-order valence-corrected chi connectivity index (χ4v) is 3.42. The van der Waals surface area contributed by atoms with Crippen LogP contribution in [0.4, 0.5) is 13.6 Å². The number of aromatic amines is 1. The molecule has 1 N–H and O–H groups in total. The van der Waals surface area contributed by atoms with Crippen molar-refractivity contribution in [3.63, 3.8) is 0 Å². The van der Waals surface area contributed by atoms with Gasteiger partial charge in [0.1, 0.15) is 5.60 Å². The molecule has 0 spiro atoms. The molecule has 1 saturated heterocycles. The minimum atomic E-state index is -3.13. The van der Waals surface area contributed by atoms with E-state index in [9.17, 15) is 18.4 Å². The number of aromatic nitrogens is 2. The molecule has 2 heterocycles. The number of imidazole rings is 1. The Hall–Kier alpha value is -2.38. The Balaban J connectivity index is 1.91. The highest BCUT2D eigenvalue weighted by molar-refractivity contribution is 5.80. The number of alkyl halides is 2. The van der Waals surface area contributed by atoms with Gasteiger partial charge in [-0.25, -0.2) is 18.4 Å². The number of ether oxygens (including phenoxy) is 1. The average molecular weight is 367 g/mol. The topological polar surface area (TPSA) is 67.3 Å². The Morgan fingerprint density at radius 1 is 1.35 bits per heavy atom. The predicted molar refractivity (Wildman–Crippen MR) is 93.7 cm³/mol. The number of carbonyl (C=O) groups excluding carboxylic acids is 1. The van der Waals surface area contributed by atoms with Crippen molar-refractivity contribution in [2.45, 2.75) is 44.6 Å². The highest BCUT2D eigenvalue weighted by Gasteiger charge is 2.48. The van der Waals surface area contributed by atoms with Gasteiger partial charge in [-0.05, 0) is 38.8 Å².